The molecule has 0 bridgehead atoms. The molecule has 4 rings (SSSR count). The molecule has 3 heterocycles. The molecule has 0 spiro atoms. The third kappa shape index (κ3) is 3.70. The number of rotatable bonds is 4. The minimum Gasteiger partial charge on any atom is -0.403 e. The van der Waals surface area contributed by atoms with Gasteiger partial charge in [0.1, 0.15) is 5.82 Å². The molecule has 0 atom stereocenters. The molecule has 6 nitrogen and oxygen atoms in total. The second-order valence-electron chi connectivity index (χ2n) is 5.93. The predicted octanol–water partition coefficient (Wildman–Crippen LogP) is 3.30. The van der Waals surface area contributed by atoms with Crippen LogP contribution in [-0.2, 0) is 11.2 Å². The van der Waals surface area contributed by atoms with E-state index in [0.717, 1.165) is 27.8 Å². The molecule has 1 aromatic carbocycles. The molecular weight excluding hydrogens is 450 g/mol. The summed E-state index contributed by atoms with van der Waals surface area (Å²) in [4.78, 5) is 6.17. The van der Waals surface area contributed by atoms with Crippen LogP contribution in [0.25, 0.3) is 11.5 Å². The Morgan fingerprint density at radius 2 is 1.96 bits per heavy atom. The molecule has 8 heteroatoms. The highest BCUT2D eigenvalue weighted by atomic mass is 127. The van der Waals surface area contributed by atoms with E-state index in [4.69, 9.17) is 9.15 Å². The molecule has 0 unspecified atom stereocenters. The van der Waals surface area contributed by atoms with Crippen LogP contribution in [0.2, 0.25) is 0 Å². The molecule has 0 N–H and O–H groups in total. The topological polar surface area (TPSA) is 64.3 Å². The molecule has 0 saturated carbocycles. The second-order valence-corrected chi connectivity index (χ2v) is 7.18. The van der Waals surface area contributed by atoms with Crippen molar-refractivity contribution < 1.29 is 13.5 Å². The number of aromatic nitrogens is 3. The van der Waals surface area contributed by atoms with Crippen LogP contribution in [0.4, 0.5) is 10.4 Å². The van der Waals surface area contributed by atoms with Crippen LogP contribution in [0.3, 0.4) is 0 Å². The molecule has 1 fully saturated rings. The number of pyridine rings is 1. The maximum Gasteiger partial charge on any atom is 0.318 e. The van der Waals surface area contributed by atoms with Crippen molar-refractivity contribution in [2.75, 3.05) is 31.2 Å². The first-order chi connectivity index (χ1) is 12.7. The van der Waals surface area contributed by atoms with Crippen molar-refractivity contribution in [3.05, 3.63) is 57.2 Å². The summed E-state index contributed by atoms with van der Waals surface area (Å²) in [6.07, 6.45) is 3.79. The maximum absolute atomic E-state index is 14.2. The number of nitrogens with zero attached hydrogens (tertiary/aromatic N) is 4. The first-order valence-electron chi connectivity index (χ1n) is 8.24. The summed E-state index contributed by atoms with van der Waals surface area (Å²) in [5.41, 5.74) is 2.21. The van der Waals surface area contributed by atoms with Crippen LogP contribution in [0.1, 0.15) is 11.1 Å². The first kappa shape index (κ1) is 17.3. The Hall–Kier alpha value is -2.07. The number of hydrogen-bond acceptors (Lipinski definition) is 6. The molecule has 1 saturated heterocycles. The van der Waals surface area contributed by atoms with E-state index in [9.17, 15) is 4.39 Å². The fourth-order valence-corrected chi connectivity index (χ4v) is 3.31. The van der Waals surface area contributed by atoms with Crippen LogP contribution < -0.4 is 4.90 Å². The van der Waals surface area contributed by atoms with Gasteiger partial charge < -0.3 is 14.1 Å². The fraction of sp³-hybridized carbons (Fsp3) is 0.278. The van der Waals surface area contributed by atoms with Gasteiger partial charge in [0.05, 0.1) is 13.2 Å². The van der Waals surface area contributed by atoms with Crippen molar-refractivity contribution in [1.29, 1.82) is 0 Å². The highest BCUT2D eigenvalue weighted by Gasteiger charge is 2.19. The Bertz CT molecular complexity index is 912. The average molecular weight is 466 g/mol. The van der Waals surface area contributed by atoms with Gasteiger partial charge in [0.15, 0.2) is 0 Å². The summed E-state index contributed by atoms with van der Waals surface area (Å²) in [6, 6.07) is 7.50. The molecule has 26 heavy (non-hydrogen) atoms. The van der Waals surface area contributed by atoms with E-state index in [1.165, 1.54) is 6.07 Å². The van der Waals surface area contributed by atoms with Crippen molar-refractivity contribution >= 4 is 28.6 Å². The van der Waals surface area contributed by atoms with E-state index in [1.54, 1.807) is 18.5 Å². The first-order valence-corrected chi connectivity index (χ1v) is 9.32. The van der Waals surface area contributed by atoms with E-state index in [0.29, 0.717) is 37.1 Å². The monoisotopic (exact) mass is 466 g/mol. The number of anilines is 1. The lowest BCUT2D eigenvalue weighted by molar-refractivity contribution is 0.120. The lowest BCUT2D eigenvalue weighted by Gasteiger charge is -2.24. The standard InChI is InChI=1S/C18H16FIN4O2/c19-16-10-14(20)2-1-12(16)9-13-11-21-4-3-15(13)17-22-23-18(26-17)24-5-7-25-8-6-24/h1-4,10-11H,5-9H2. The molecule has 134 valence electrons. The molecule has 0 amide bonds. The van der Waals surface area contributed by atoms with E-state index in [-0.39, 0.29) is 5.82 Å². The summed E-state index contributed by atoms with van der Waals surface area (Å²) < 4.78 is 26.3. The van der Waals surface area contributed by atoms with Crippen molar-refractivity contribution in [1.82, 2.24) is 15.2 Å². The summed E-state index contributed by atoms with van der Waals surface area (Å²) in [5.74, 6) is 0.182. The minimum atomic E-state index is -0.230. The van der Waals surface area contributed by atoms with Crippen molar-refractivity contribution in [2.24, 2.45) is 0 Å². The van der Waals surface area contributed by atoms with E-state index in [2.05, 4.69) is 37.8 Å². The number of benzene rings is 1. The van der Waals surface area contributed by atoms with Gasteiger partial charge in [-0.2, -0.15) is 0 Å². The molecule has 0 radical (unpaired) electrons. The summed E-state index contributed by atoms with van der Waals surface area (Å²) in [6.45, 7) is 2.73. The van der Waals surface area contributed by atoms with E-state index >= 15 is 0 Å². The minimum absolute atomic E-state index is 0.230. The fourth-order valence-electron chi connectivity index (χ4n) is 2.85. The molecular formula is C18H16FIN4O2. The van der Waals surface area contributed by atoms with Gasteiger partial charge >= 0.3 is 6.01 Å². The Kier molecular flexibility index (Phi) is 5.11. The number of morpholine rings is 1. The van der Waals surface area contributed by atoms with E-state index < -0.39 is 0 Å². The third-order valence-electron chi connectivity index (χ3n) is 4.23. The van der Waals surface area contributed by atoms with Gasteiger partial charge in [-0.05, 0) is 51.9 Å². The van der Waals surface area contributed by atoms with Gasteiger partial charge in [-0.15, -0.1) is 5.10 Å². The van der Waals surface area contributed by atoms with Crippen LogP contribution >= 0.6 is 22.6 Å². The van der Waals surface area contributed by atoms with Gasteiger partial charge in [0, 0.05) is 41.0 Å². The SMILES string of the molecule is Fc1cc(I)ccc1Cc1cnccc1-c1nnc(N2CCOCC2)o1. The smallest absolute Gasteiger partial charge is 0.318 e. The number of hydrogen-bond donors (Lipinski definition) is 0. The summed E-state index contributed by atoms with van der Waals surface area (Å²) >= 11 is 2.09. The lowest BCUT2D eigenvalue weighted by Crippen LogP contribution is -2.36. The largest absolute Gasteiger partial charge is 0.403 e. The Morgan fingerprint density at radius 3 is 2.77 bits per heavy atom. The molecule has 1 aliphatic rings. The Morgan fingerprint density at radius 1 is 1.12 bits per heavy atom. The van der Waals surface area contributed by atoms with Crippen LogP contribution in [-0.4, -0.2) is 41.5 Å². The zero-order valence-corrected chi connectivity index (χ0v) is 16.0. The second kappa shape index (κ2) is 7.67. The van der Waals surface area contributed by atoms with Crippen molar-refractivity contribution in [2.45, 2.75) is 6.42 Å². The van der Waals surface area contributed by atoms with Crippen molar-refractivity contribution in [3.63, 3.8) is 0 Å². The van der Waals surface area contributed by atoms with Gasteiger partial charge in [-0.3, -0.25) is 4.98 Å². The molecule has 2 aromatic heterocycles. The summed E-state index contributed by atoms with van der Waals surface area (Å²) in [7, 11) is 0. The predicted molar refractivity (Wildman–Crippen MR) is 102 cm³/mol. The Balaban J connectivity index is 1.62. The van der Waals surface area contributed by atoms with Gasteiger partial charge in [0.25, 0.3) is 0 Å². The van der Waals surface area contributed by atoms with Gasteiger partial charge in [-0.25, -0.2) is 4.39 Å². The molecule has 1 aliphatic heterocycles. The Labute approximate surface area is 163 Å². The summed E-state index contributed by atoms with van der Waals surface area (Å²) in [5, 5.41) is 8.33. The molecule has 0 aliphatic carbocycles. The van der Waals surface area contributed by atoms with Crippen LogP contribution in [0.5, 0.6) is 0 Å². The lowest BCUT2D eigenvalue weighted by atomic mass is 10.0. The zero-order chi connectivity index (χ0) is 17.9. The van der Waals surface area contributed by atoms with Crippen molar-refractivity contribution in [3.8, 4) is 11.5 Å². The van der Waals surface area contributed by atoms with Crippen LogP contribution in [0, 0.1) is 9.39 Å². The average Bonchev–Trinajstić information content (AvgIpc) is 3.15. The highest BCUT2D eigenvalue weighted by molar-refractivity contribution is 14.1. The molecule has 3 aromatic rings. The van der Waals surface area contributed by atoms with Gasteiger partial charge in [-0.1, -0.05) is 11.2 Å². The highest BCUT2D eigenvalue weighted by Crippen LogP contribution is 2.27. The van der Waals surface area contributed by atoms with Gasteiger partial charge in [0.2, 0.25) is 5.89 Å². The number of halogens is 2. The number of ether oxygens (including phenoxy) is 1. The quantitative estimate of drug-likeness (QED) is 0.550. The van der Waals surface area contributed by atoms with E-state index in [1.807, 2.05) is 17.0 Å². The zero-order valence-electron chi connectivity index (χ0n) is 13.9. The third-order valence-corrected chi connectivity index (χ3v) is 4.90. The maximum atomic E-state index is 14.2. The normalized spacial score (nSPS) is 14.6. The van der Waals surface area contributed by atoms with Crippen LogP contribution in [0.15, 0.2) is 41.1 Å².